The maximum Gasteiger partial charge on any atom is 0.407 e. The predicted molar refractivity (Wildman–Crippen MR) is 171 cm³/mol. The van der Waals surface area contributed by atoms with Gasteiger partial charge in [-0.15, -0.1) is 0 Å². The van der Waals surface area contributed by atoms with E-state index in [9.17, 15) is 9.18 Å². The summed E-state index contributed by atoms with van der Waals surface area (Å²) in [6, 6.07) is 1.36. The number of nitrogens with zero attached hydrogens (tertiary/aromatic N) is 6. The number of piperidine rings is 1. The number of H-pyrrole nitrogens is 1. The molecule has 1 saturated carbocycles. The molecule has 48 heavy (non-hydrogen) atoms. The maximum atomic E-state index is 17.1. The van der Waals surface area contributed by atoms with Crippen molar-refractivity contribution in [3.63, 3.8) is 0 Å². The van der Waals surface area contributed by atoms with Gasteiger partial charge in [0.2, 0.25) is 0 Å². The van der Waals surface area contributed by atoms with Crippen molar-refractivity contribution in [2.75, 3.05) is 44.3 Å². The highest BCUT2D eigenvalue weighted by Gasteiger charge is 2.49. The van der Waals surface area contributed by atoms with E-state index in [0.29, 0.717) is 78.6 Å². The molecule has 5 aliphatic heterocycles. The van der Waals surface area contributed by atoms with E-state index < -0.39 is 35.0 Å². The molecule has 10 rings (SSSR count). The highest BCUT2D eigenvalue weighted by atomic mass is 19.1. The van der Waals surface area contributed by atoms with Crippen LogP contribution in [0.5, 0.6) is 6.01 Å². The van der Waals surface area contributed by atoms with Gasteiger partial charge in [0, 0.05) is 48.8 Å². The molecular weight excluding hydrogens is 625 g/mol. The number of fused-ring (bicyclic) bond motifs is 7. The molecule has 11 nitrogen and oxygen atoms in total. The summed E-state index contributed by atoms with van der Waals surface area (Å²) in [5, 5.41) is 10.9. The molecule has 3 aromatic heterocycles. The number of nitrogens with one attached hydrogen (secondary N) is 2. The monoisotopic (exact) mass is 662 g/mol. The zero-order chi connectivity index (χ0) is 32.8. The maximum absolute atomic E-state index is 17.1. The van der Waals surface area contributed by atoms with Crippen molar-refractivity contribution in [2.45, 2.75) is 75.0 Å². The fraction of sp³-hybridized carbons (Fsp3) is 0.559. The van der Waals surface area contributed by atoms with Gasteiger partial charge >= 0.3 is 12.1 Å². The molecule has 1 amide bonds. The third kappa shape index (κ3) is 4.85. The van der Waals surface area contributed by atoms with Gasteiger partial charge in [0.15, 0.2) is 5.82 Å². The molecular formula is C34H37F3N8O3. The first kappa shape index (κ1) is 29.9. The van der Waals surface area contributed by atoms with Crippen LogP contribution in [-0.2, 0) is 4.74 Å². The van der Waals surface area contributed by atoms with Crippen LogP contribution >= 0.6 is 0 Å². The molecule has 252 valence electrons. The van der Waals surface area contributed by atoms with Crippen LogP contribution in [0.3, 0.4) is 0 Å². The van der Waals surface area contributed by atoms with Crippen LogP contribution in [0.4, 0.5) is 23.8 Å². The standard InChI is InChI=1S/C34H37F3N8O3/c1-33-5-2-7-44(16-33)30-22-13-38-29(27(37)28(22)40-31(41-30)48-17-34-6-3-8-45(34)15-19(35)12-34)26-21-14-39-43-24(21)11-23(36)25(26)20-10-18(20)4-9-47-32(46)42-33/h11,13-14,18-20H,2-10,12,15-17H2,1H3,(H,39,43)(H,42,46)/t18-,19+,20+,33+,34-/m0/s1. The van der Waals surface area contributed by atoms with E-state index in [1.165, 1.54) is 6.07 Å². The van der Waals surface area contributed by atoms with E-state index >= 15 is 8.78 Å². The molecule has 4 fully saturated rings. The van der Waals surface area contributed by atoms with Crippen LogP contribution in [0.15, 0.2) is 18.5 Å². The Bertz CT molecular complexity index is 1960. The van der Waals surface area contributed by atoms with Crippen LogP contribution in [0.25, 0.3) is 33.1 Å². The Labute approximate surface area is 274 Å². The van der Waals surface area contributed by atoms with E-state index in [2.05, 4.69) is 30.4 Å². The Morgan fingerprint density at radius 3 is 2.92 bits per heavy atom. The minimum atomic E-state index is -0.930. The largest absolute Gasteiger partial charge is 0.461 e. The number of ether oxygens (including phenoxy) is 2. The summed E-state index contributed by atoms with van der Waals surface area (Å²) in [6.07, 6.45) is 6.45. The molecule has 0 unspecified atom stereocenters. The first-order chi connectivity index (χ1) is 23.2. The van der Waals surface area contributed by atoms with Gasteiger partial charge < -0.3 is 19.7 Å². The highest BCUT2D eigenvalue weighted by Crippen LogP contribution is 2.54. The number of rotatable bonds is 3. The molecule has 6 aliphatic rings. The molecule has 0 radical (unpaired) electrons. The fourth-order valence-electron chi connectivity index (χ4n) is 8.87. The Hall–Kier alpha value is -4.20. The number of alkyl halides is 1. The van der Waals surface area contributed by atoms with Crippen molar-refractivity contribution >= 4 is 33.7 Å². The topological polar surface area (TPSA) is 121 Å². The first-order valence-electron chi connectivity index (χ1n) is 16.9. The average Bonchev–Trinajstić information content (AvgIpc) is 3.31. The number of hydrogen-bond donors (Lipinski definition) is 2. The summed E-state index contributed by atoms with van der Waals surface area (Å²) in [5.74, 6) is -0.919. The SMILES string of the molecule is C[C@@]12CCCN(C1)c1nc(OC[C@@]34CCCN3C[C@H](F)C4)nc3c(F)c(ncc13)-c1c(c(F)cc3[nH]ncc13)[C@@H]1C[C@@H]1CCOC(=O)N2. The van der Waals surface area contributed by atoms with E-state index in [-0.39, 0.29) is 42.3 Å². The van der Waals surface area contributed by atoms with Gasteiger partial charge in [-0.05, 0) is 69.9 Å². The van der Waals surface area contributed by atoms with E-state index in [1.807, 2.05) is 11.8 Å². The lowest BCUT2D eigenvalue weighted by molar-refractivity contribution is 0.107. The molecule has 0 spiro atoms. The van der Waals surface area contributed by atoms with Gasteiger partial charge in [-0.3, -0.25) is 15.0 Å². The number of benzene rings is 1. The quantitative estimate of drug-likeness (QED) is 0.297. The average molecular weight is 663 g/mol. The molecule has 6 bridgehead atoms. The number of alkyl carbamates (subject to hydrolysis) is 1. The van der Waals surface area contributed by atoms with Crippen molar-refractivity contribution < 1.29 is 27.4 Å². The van der Waals surface area contributed by atoms with Gasteiger partial charge in [0.1, 0.15) is 35.6 Å². The second-order valence-corrected chi connectivity index (χ2v) is 14.6. The summed E-state index contributed by atoms with van der Waals surface area (Å²) in [7, 11) is 0. The summed E-state index contributed by atoms with van der Waals surface area (Å²) in [5.41, 5.74) is 0.00528. The number of aromatic nitrogens is 5. The second kappa shape index (κ2) is 10.9. The molecule has 4 aromatic rings. The summed E-state index contributed by atoms with van der Waals surface area (Å²) >= 11 is 0. The van der Waals surface area contributed by atoms with Gasteiger partial charge in [0.25, 0.3) is 0 Å². The minimum Gasteiger partial charge on any atom is -0.461 e. The van der Waals surface area contributed by atoms with Gasteiger partial charge in [0.05, 0.1) is 34.8 Å². The Kier molecular flexibility index (Phi) is 6.80. The van der Waals surface area contributed by atoms with Gasteiger partial charge in [-0.1, -0.05) is 0 Å². The predicted octanol–water partition coefficient (Wildman–Crippen LogP) is 5.39. The number of carbonyl (C=O) groups is 1. The minimum absolute atomic E-state index is 0.00117. The van der Waals surface area contributed by atoms with Crippen LogP contribution in [-0.4, -0.2) is 92.8 Å². The van der Waals surface area contributed by atoms with Crippen molar-refractivity contribution in [2.24, 2.45) is 5.92 Å². The zero-order valence-electron chi connectivity index (χ0n) is 26.7. The molecule has 14 heteroatoms. The van der Waals surface area contributed by atoms with Crippen molar-refractivity contribution in [3.05, 3.63) is 35.7 Å². The summed E-state index contributed by atoms with van der Waals surface area (Å²) < 4.78 is 59.5. The Morgan fingerprint density at radius 2 is 2.02 bits per heavy atom. The molecule has 3 saturated heterocycles. The van der Waals surface area contributed by atoms with Crippen LogP contribution in [0, 0.1) is 17.6 Å². The van der Waals surface area contributed by atoms with Crippen LogP contribution in [0.1, 0.15) is 63.4 Å². The second-order valence-electron chi connectivity index (χ2n) is 14.6. The number of pyridine rings is 1. The van der Waals surface area contributed by atoms with Crippen molar-refractivity contribution in [1.29, 1.82) is 0 Å². The lowest BCUT2D eigenvalue weighted by Crippen LogP contribution is -2.57. The number of aromatic amines is 1. The van der Waals surface area contributed by atoms with Gasteiger partial charge in [-0.2, -0.15) is 15.1 Å². The number of halogens is 3. The lowest BCUT2D eigenvalue weighted by atomic mass is 9.91. The third-order valence-electron chi connectivity index (χ3n) is 11.3. The van der Waals surface area contributed by atoms with Crippen molar-refractivity contribution in [3.8, 4) is 17.3 Å². The number of anilines is 1. The fourth-order valence-corrected chi connectivity index (χ4v) is 8.87. The van der Waals surface area contributed by atoms with Crippen LogP contribution < -0.4 is 15.0 Å². The molecule has 5 atom stereocenters. The van der Waals surface area contributed by atoms with Gasteiger partial charge in [-0.25, -0.2) is 18.0 Å². The Balaban J connectivity index is 1.22. The smallest absolute Gasteiger partial charge is 0.407 e. The zero-order valence-corrected chi connectivity index (χ0v) is 26.7. The summed E-state index contributed by atoms with van der Waals surface area (Å²) in [4.78, 5) is 31.2. The molecule has 8 heterocycles. The highest BCUT2D eigenvalue weighted by molar-refractivity contribution is 5.99. The Morgan fingerprint density at radius 1 is 1.15 bits per heavy atom. The van der Waals surface area contributed by atoms with Crippen molar-refractivity contribution in [1.82, 2.24) is 35.4 Å². The molecule has 1 aromatic carbocycles. The molecule has 1 aliphatic carbocycles. The first-order valence-corrected chi connectivity index (χ1v) is 16.9. The lowest BCUT2D eigenvalue weighted by Gasteiger charge is -2.41. The number of amides is 1. The number of carbonyl (C=O) groups excluding carboxylic acids is 1. The number of hydrogen-bond acceptors (Lipinski definition) is 9. The van der Waals surface area contributed by atoms with E-state index in [4.69, 9.17) is 14.5 Å². The van der Waals surface area contributed by atoms with E-state index in [1.54, 1.807) is 12.4 Å². The summed E-state index contributed by atoms with van der Waals surface area (Å²) in [6.45, 7) is 4.47. The normalized spacial score (nSPS) is 30.2. The van der Waals surface area contributed by atoms with Crippen LogP contribution in [0.2, 0.25) is 0 Å². The molecule has 2 N–H and O–H groups in total. The third-order valence-corrected chi connectivity index (χ3v) is 11.3. The van der Waals surface area contributed by atoms with E-state index in [0.717, 1.165) is 25.8 Å².